The summed E-state index contributed by atoms with van der Waals surface area (Å²) in [7, 11) is 0. The Morgan fingerprint density at radius 3 is 2.76 bits per heavy atom. The number of benzene rings is 1. The van der Waals surface area contributed by atoms with Crippen molar-refractivity contribution in [3.05, 3.63) is 66.5 Å². The summed E-state index contributed by atoms with van der Waals surface area (Å²) in [5.41, 5.74) is 2.28. The molecule has 2 aliphatic rings. The van der Waals surface area contributed by atoms with Crippen LogP contribution in [0.2, 0.25) is 0 Å². The van der Waals surface area contributed by atoms with Gasteiger partial charge >= 0.3 is 0 Å². The van der Waals surface area contributed by atoms with E-state index in [0.717, 1.165) is 43.5 Å². The number of amides is 1. The van der Waals surface area contributed by atoms with Gasteiger partial charge in [0.1, 0.15) is 23.6 Å². The number of hydrogen-bond donors (Lipinski definition) is 1. The third-order valence-electron chi connectivity index (χ3n) is 6.12. The molecule has 8 heteroatoms. The van der Waals surface area contributed by atoms with E-state index in [0.29, 0.717) is 30.5 Å². The molecule has 0 aliphatic carbocycles. The van der Waals surface area contributed by atoms with Crippen LogP contribution in [0.4, 0.5) is 15.9 Å². The fourth-order valence-electron chi connectivity index (χ4n) is 4.46. The van der Waals surface area contributed by atoms with Gasteiger partial charge in [-0.2, -0.15) is 0 Å². The summed E-state index contributed by atoms with van der Waals surface area (Å²) in [4.78, 5) is 28.5. The maximum atomic E-state index is 13.7. The van der Waals surface area contributed by atoms with Crippen molar-refractivity contribution in [2.75, 3.05) is 25.0 Å². The predicted molar refractivity (Wildman–Crippen MR) is 122 cm³/mol. The van der Waals surface area contributed by atoms with Crippen molar-refractivity contribution in [2.24, 2.45) is 0 Å². The Kier molecular flexibility index (Phi) is 6.26. The van der Waals surface area contributed by atoms with Gasteiger partial charge in [-0.1, -0.05) is 6.07 Å². The van der Waals surface area contributed by atoms with E-state index >= 15 is 0 Å². The number of hydrogen-bond acceptors (Lipinski definition) is 6. The Morgan fingerprint density at radius 2 is 1.97 bits per heavy atom. The summed E-state index contributed by atoms with van der Waals surface area (Å²) in [6, 6.07) is 11.9. The van der Waals surface area contributed by atoms with E-state index in [1.807, 2.05) is 23.1 Å². The second-order valence-corrected chi connectivity index (χ2v) is 8.49. The van der Waals surface area contributed by atoms with E-state index in [-0.39, 0.29) is 23.7 Å². The third-order valence-corrected chi connectivity index (χ3v) is 6.12. The first kappa shape index (κ1) is 21.5. The number of piperidine rings is 1. The van der Waals surface area contributed by atoms with E-state index in [2.05, 4.69) is 10.3 Å². The van der Waals surface area contributed by atoms with Gasteiger partial charge in [-0.3, -0.25) is 9.78 Å². The molecule has 2 saturated heterocycles. The number of halogens is 1. The van der Waals surface area contributed by atoms with E-state index in [1.54, 1.807) is 24.5 Å². The Morgan fingerprint density at radius 1 is 1.09 bits per heavy atom. The highest BCUT2D eigenvalue weighted by molar-refractivity contribution is 5.81. The summed E-state index contributed by atoms with van der Waals surface area (Å²) < 4.78 is 19.3. The molecular weight excluding hydrogens is 421 g/mol. The Hall–Kier alpha value is -3.39. The molecule has 170 valence electrons. The molecule has 1 amide bonds. The highest BCUT2D eigenvalue weighted by Gasteiger charge is 2.33. The zero-order valence-electron chi connectivity index (χ0n) is 18.3. The van der Waals surface area contributed by atoms with E-state index < -0.39 is 0 Å². The van der Waals surface area contributed by atoms with Crippen molar-refractivity contribution in [1.29, 1.82) is 0 Å². The molecular formula is C25H26FN5O2. The summed E-state index contributed by atoms with van der Waals surface area (Å²) in [6.45, 7) is 1.95. The lowest BCUT2D eigenvalue weighted by atomic mass is 9.96. The number of anilines is 2. The molecule has 1 N–H and O–H groups in total. The van der Waals surface area contributed by atoms with Crippen molar-refractivity contribution in [3.63, 3.8) is 0 Å². The number of pyridine rings is 1. The predicted octanol–water partition coefficient (Wildman–Crippen LogP) is 4.31. The largest absolute Gasteiger partial charge is 0.368 e. The number of carbonyl (C=O) groups excluding carboxylic acids is 1. The molecule has 3 aromatic rings. The molecule has 0 spiro atoms. The Bertz CT molecular complexity index is 1120. The number of nitrogens with one attached hydrogen (secondary N) is 1. The van der Waals surface area contributed by atoms with Crippen LogP contribution in [0.15, 0.2) is 54.9 Å². The van der Waals surface area contributed by atoms with Crippen LogP contribution in [-0.2, 0) is 9.53 Å². The maximum absolute atomic E-state index is 13.7. The smallest absolute Gasteiger partial charge is 0.251 e. The fourth-order valence-corrected chi connectivity index (χ4v) is 4.46. The minimum Gasteiger partial charge on any atom is -0.368 e. The SMILES string of the molecule is O=C([C@H]1CCCO1)N1CCC[C@H](c2nc(Nc3cccc(F)c3)cc(-c3ccncc3)n2)C1. The average molecular weight is 448 g/mol. The summed E-state index contributed by atoms with van der Waals surface area (Å²) in [5, 5.41) is 3.21. The number of rotatable bonds is 5. The lowest BCUT2D eigenvalue weighted by molar-refractivity contribution is -0.142. The van der Waals surface area contributed by atoms with Crippen LogP contribution in [0.25, 0.3) is 11.3 Å². The molecule has 0 radical (unpaired) electrons. The first-order chi connectivity index (χ1) is 16.2. The van der Waals surface area contributed by atoms with Gasteiger partial charge in [0.05, 0.1) is 5.69 Å². The minimum absolute atomic E-state index is 0.0129. The van der Waals surface area contributed by atoms with E-state index in [9.17, 15) is 9.18 Å². The van der Waals surface area contributed by atoms with E-state index in [4.69, 9.17) is 14.7 Å². The highest BCUT2D eigenvalue weighted by atomic mass is 19.1. The Labute approximate surface area is 192 Å². The van der Waals surface area contributed by atoms with Crippen molar-refractivity contribution in [2.45, 2.75) is 37.7 Å². The lowest BCUT2D eigenvalue weighted by Gasteiger charge is -2.33. The van der Waals surface area contributed by atoms with Crippen LogP contribution in [-0.4, -0.2) is 51.6 Å². The molecule has 0 saturated carbocycles. The molecule has 2 atom stereocenters. The molecule has 5 rings (SSSR count). The van der Waals surface area contributed by atoms with Crippen LogP contribution in [0, 0.1) is 5.82 Å². The van der Waals surface area contributed by atoms with Gasteiger partial charge < -0.3 is 15.0 Å². The molecule has 0 bridgehead atoms. The quantitative estimate of drug-likeness (QED) is 0.628. The van der Waals surface area contributed by atoms with Crippen LogP contribution >= 0.6 is 0 Å². The van der Waals surface area contributed by atoms with Gasteiger partial charge in [-0.05, 0) is 56.0 Å². The standard InChI is InChI=1S/C25H26FN5O2/c26-19-5-1-6-20(14-19)28-23-15-21(17-8-10-27-11-9-17)29-24(30-23)18-4-2-12-31(16-18)25(32)22-7-3-13-33-22/h1,5-6,8-11,14-15,18,22H,2-4,7,12-13,16H2,(H,28,29,30)/t18-,22+/m0/s1. The van der Waals surface area contributed by atoms with Crippen LogP contribution in [0.3, 0.4) is 0 Å². The van der Waals surface area contributed by atoms with Gasteiger partial charge in [0.25, 0.3) is 5.91 Å². The second kappa shape index (κ2) is 9.62. The first-order valence-corrected chi connectivity index (χ1v) is 11.4. The van der Waals surface area contributed by atoms with Crippen molar-refractivity contribution >= 4 is 17.4 Å². The van der Waals surface area contributed by atoms with Gasteiger partial charge in [0.2, 0.25) is 0 Å². The lowest BCUT2D eigenvalue weighted by Crippen LogP contribution is -2.44. The molecule has 1 aromatic carbocycles. The van der Waals surface area contributed by atoms with Crippen LogP contribution in [0.1, 0.15) is 37.4 Å². The van der Waals surface area contributed by atoms with Gasteiger partial charge in [-0.15, -0.1) is 0 Å². The van der Waals surface area contributed by atoms with Gasteiger partial charge in [0.15, 0.2) is 0 Å². The third kappa shape index (κ3) is 5.01. The highest BCUT2D eigenvalue weighted by Crippen LogP contribution is 2.30. The summed E-state index contributed by atoms with van der Waals surface area (Å²) in [5.74, 6) is 1.02. The van der Waals surface area contributed by atoms with Gasteiger partial charge in [-0.25, -0.2) is 14.4 Å². The molecule has 2 aliphatic heterocycles. The number of ether oxygens (including phenoxy) is 1. The molecule has 0 unspecified atom stereocenters. The van der Waals surface area contributed by atoms with Gasteiger partial charge in [0, 0.05) is 55.3 Å². The zero-order valence-corrected chi connectivity index (χ0v) is 18.3. The van der Waals surface area contributed by atoms with Crippen LogP contribution in [0.5, 0.6) is 0 Å². The molecule has 2 fully saturated rings. The topological polar surface area (TPSA) is 80.2 Å². The molecule has 33 heavy (non-hydrogen) atoms. The van der Waals surface area contributed by atoms with Crippen molar-refractivity contribution in [3.8, 4) is 11.3 Å². The fraction of sp³-hybridized carbons (Fsp3) is 0.360. The second-order valence-electron chi connectivity index (χ2n) is 8.49. The zero-order chi connectivity index (χ0) is 22.6. The number of nitrogens with zero attached hydrogens (tertiary/aromatic N) is 4. The minimum atomic E-state index is -0.321. The monoisotopic (exact) mass is 447 g/mol. The first-order valence-electron chi connectivity index (χ1n) is 11.4. The Balaban J connectivity index is 1.44. The molecule has 4 heterocycles. The van der Waals surface area contributed by atoms with E-state index in [1.165, 1.54) is 12.1 Å². The molecule has 7 nitrogen and oxygen atoms in total. The van der Waals surface area contributed by atoms with Crippen molar-refractivity contribution < 1.29 is 13.9 Å². The summed E-state index contributed by atoms with van der Waals surface area (Å²) in [6.07, 6.45) is 6.62. The van der Waals surface area contributed by atoms with Crippen LogP contribution < -0.4 is 5.32 Å². The number of aromatic nitrogens is 3. The number of carbonyl (C=O) groups is 1. The van der Waals surface area contributed by atoms with Crippen molar-refractivity contribution in [1.82, 2.24) is 19.9 Å². The summed E-state index contributed by atoms with van der Waals surface area (Å²) >= 11 is 0. The normalized spacial score (nSPS) is 20.6. The molecule has 2 aromatic heterocycles. The number of likely N-dealkylation sites (tertiary alicyclic amines) is 1. The average Bonchev–Trinajstić information content (AvgIpc) is 3.39. The maximum Gasteiger partial charge on any atom is 0.251 e.